The summed E-state index contributed by atoms with van der Waals surface area (Å²) in [7, 11) is 1.51. The molecule has 0 saturated heterocycles. The standard InChI is InChI=1S/C22H16Br2Cl2N2O3/c1-30-20-7-4-15(23)9-17(20)22(29)28-27-11-13-2-6-21(18(24)8-13)31-12-14-3-5-16(25)10-19(14)26/h2-11H,12H2,1H3,(H,28,29)/b27-11-. The Morgan fingerprint density at radius 2 is 1.84 bits per heavy atom. The molecule has 1 N–H and O–H groups in total. The third-order valence-electron chi connectivity index (χ3n) is 4.14. The molecule has 3 aromatic rings. The summed E-state index contributed by atoms with van der Waals surface area (Å²) in [6.07, 6.45) is 1.53. The van der Waals surface area contributed by atoms with E-state index in [4.69, 9.17) is 32.7 Å². The van der Waals surface area contributed by atoms with Crippen molar-refractivity contribution in [2.75, 3.05) is 7.11 Å². The molecular weight excluding hydrogens is 571 g/mol. The maximum Gasteiger partial charge on any atom is 0.275 e. The van der Waals surface area contributed by atoms with Crippen LogP contribution >= 0.6 is 55.1 Å². The van der Waals surface area contributed by atoms with E-state index in [1.54, 1.807) is 36.4 Å². The summed E-state index contributed by atoms with van der Waals surface area (Å²) in [5.74, 6) is 0.722. The Bertz CT molecular complexity index is 1140. The molecular formula is C22H16Br2Cl2N2O3. The zero-order chi connectivity index (χ0) is 22.4. The summed E-state index contributed by atoms with van der Waals surface area (Å²) in [6, 6.07) is 15.9. The zero-order valence-electron chi connectivity index (χ0n) is 16.2. The van der Waals surface area contributed by atoms with Crippen LogP contribution < -0.4 is 14.9 Å². The quantitative estimate of drug-likeness (QED) is 0.243. The Balaban J connectivity index is 1.63. The van der Waals surface area contributed by atoms with Crippen LogP contribution in [0.1, 0.15) is 21.5 Å². The Morgan fingerprint density at radius 3 is 2.55 bits per heavy atom. The van der Waals surface area contributed by atoms with Gasteiger partial charge in [-0.15, -0.1) is 0 Å². The van der Waals surface area contributed by atoms with Crippen molar-refractivity contribution in [3.05, 3.63) is 90.3 Å². The number of hydrazone groups is 1. The molecule has 0 fully saturated rings. The van der Waals surface area contributed by atoms with E-state index < -0.39 is 0 Å². The summed E-state index contributed by atoms with van der Waals surface area (Å²) >= 11 is 18.9. The fraction of sp³-hybridized carbons (Fsp3) is 0.0909. The van der Waals surface area contributed by atoms with E-state index in [-0.39, 0.29) is 5.91 Å². The minimum atomic E-state index is -0.381. The minimum Gasteiger partial charge on any atom is -0.496 e. The fourth-order valence-corrected chi connectivity index (χ4v) is 3.93. The number of hydrogen-bond donors (Lipinski definition) is 1. The molecule has 0 saturated carbocycles. The SMILES string of the molecule is COc1ccc(Br)cc1C(=O)N/N=C\c1ccc(OCc2ccc(Cl)cc2Cl)c(Br)c1. The van der Waals surface area contributed by atoms with Crippen molar-refractivity contribution in [1.82, 2.24) is 5.43 Å². The maximum absolute atomic E-state index is 12.4. The first-order valence-electron chi connectivity index (χ1n) is 8.90. The summed E-state index contributed by atoms with van der Waals surface area (Å²) in [4.78, 5) is 12.4. The number of ether oxygens (including phenoxy) is 2. The molecule has 0 aromatic heterocycles. The van der Waals surface area contributed by atoms with Crippen molar-refractivity contribution in [3.63, 3.8) is 0 Å². The van der Waals surface area contributed by atoms with Crippen LogP contribution in [-0.2, 0) is 6.61 Å². The molecule has 0 aliphatic rings. The minimum absolute atomic E-state index is 0.298. The van der Waals surface area contributed by atoms with Gasteiger partial charge in [0.1, 0.15) is 18.1 Å². The Kier molecular flexibility index (Phi) is 8.37. The van der Waals surface area contributed by atoms with Crippen LogP contribution in [0.4, 0.5) is 0 Å². The first-order chi connectivity index (χ1) is 14.9. The van der Waals surface area contributed by atoms with Gasteiger partial charge in [0, 0.05) is 20.1 Å². The molecule has 160 valence electrons. The highest BCUT2D eigenvalue weighted by Gasteiger charge is 2.12. The highest BCUT2D eigenvalue weighted by atomic mass is 79.9. The van der Waals surface area contributed by atoms with Crippen molar-refractivity contribution in [1.29, 1.82) is 0 Å². The molecule has 0 heterocycles. The molecule has 0 unspecified atom stereocenters. The molecule has 0 aliphatic carbocycles. The largest absolute Gasteiger partial charge is 0.496 e. The molecule has 0 bridgehead atoms. The number of carbonyl (C=O) groups is 1. The van der Waals surface area contributed by atoms with Gasteiger partial charge in [-0.1, -0.05) is 45.2 Å². The van der Waals surface area contributed by atoms with Crippen LogP contribution in [0.25, 0.3) is 0 Å². The van der Waals surface area contributed by atoms with Crippen LogP contribution in [0.2, 0.25) is 10.0 Å². The first kappa shape index (κ1) is 23.6. The second kappa shape index (κ2) is 11.0. The monoisotopic (exact) mass is 584 g/mol. The lowest BCUT2D eigenvalue weighted by atomic mass is 10.2. The van der Waals surface area contributed by atoms with Crippen molar-refractivity contribution >= 4 is 67.2 Å². The smallest absolute Gasteiger partial charge is 0.275 e. The predicted octanol–water partition coefficient (Wildman–Crippen LogP) is 6.87. The van der Waals surface area contributed by atoms with Gasteiger partial charge in [0.2, 0.25) is 0 Å². The number of methoxy groups -OCH3 is 1. The van der Waals surface area contributed by atoms with E-state index >= 15 is 0 Å². The van der Waals surface area contributed by atoms with Crippen LogP contribution in [0.5, 0.6) is 11.5 Å². The van der Waals surface area contributed by atoms with Crippen molar-refractivity contribution in [2.45, 2.75) is 6.61 Å². The molecule has 3 rings (SSSR count). The van der Waals surface area contributed by atoms with Crippen LogP contribution in [0.15, 0.2) is 68.6 Å². The number of carbonyl (C=O) groups excluding carboxylic acids is 1. The topological polar surface area (TPSA) is 59.9 Å². The second-order valence-electron chi connectivity index (χ2n) is 6.26. The molecule has 9 heteroatoms. The number of nitrogens with one attached hydrogen (secondary N) is 1. The Morgan fingerprint density at radius 1 is 1.06 bits per heavy atom. The van der Waals surface area contributed by atoms with Crippen LogP contribution in [-0.4, -0.2) is 19.2 Å². The molecule has 0 radical (unpaired) electrons. The molecule has 0 atom stereocenters. The highest BCUT2D eigenvalue weighted by Crippen LogP contribution is 2.28. The van der Waals surface area contributed by atoms with Gasteiger partial charge in [-0.25, -0.2) is 5.43 Å². The Labute approximate surface area is 206 Å². The van der Waals surface area contributed by atoms with E-state index in [9.17, 15) is 4.79 Å². The molecule has 0 spiro atoms. The van der Waals surface area contributed by atoms with Gasteiger partial charge >= 0.3 is 0 Å². The summed E-state index contributed by atoms with van der Waals surface area (Å²) in [5, 5.41) is 5.14. The molecule has 5 nitrogen and oxygen atoms in total. The van der Waals surface area contributed by atoms with Gasteiger partial charge in [0.25, 0.3) is 5.91 Å². The summed E-state index contributed by atoms with van der Waals surface area (Å²) < 4.78 is 12.5. The van der Waals surface area contributed by atoms with Gasteiger partial charge in [-0.2, -0.15) is 5.10 Å². The van der Waals surface area contributed by atoms with Crippen molar-refractivity contribution in [2.24, 2.45) is 5.10 Å². The number of nitrogens with zero attached hydrogens (tertiary/aromatic N) is 1. The first-order valence-corrected chi connectivity index (χ1v) is 11.2. The van der Waals surface area contributed by atoms with Gasteiger partial charge in [-0.3, -0.25) is 4.79 Å². The zero-order valence-corrected chi connectivity index (χ0v) is 20.8. The fourth-order valence-electron chi connectivity index (χ4n) is 2.59. The molecule has 3 aromatic carbocycles. The number of halogens is 4. The lowest BCUT2D eigenvalue weighted by Gasteiger charge is -2.10. The Hall–Kier alpha value is -2.06. The molecule has 0 aliphatic heterocycles. The van der Waals surface area contributed by atoms with E-state index in [1.807, 2.05) is 18.2 Å². The van der Waals surface area contributed by atoms with Crippen LogP contribution in [0.3, 0.4) is 0 Å². The number of amides is 1. The predicted molar refractivity (Wildman–Crippen MR) is 131 cm³/mol. The average Bonchev–Trinajstić information content (AvgIpc) is 2.74. The van der Waals surface area contributed by atoms with E-state index in [0.29, 0.717) is 33.7 Å². The lowest BCUT2D eigenvalue weighted by Crippen LogP contribution is -2.18. The van der Waals surface area contributed by atoms with E-state index in [1.165, 1.54) is 13.3 Å². The second-order valence-corrected chi connectivity index (χ2v) is 8.87. The average molecular weight is 587 g/mol. The van der Waals surface area contributed by atoms with Gasteiger partial charge < -0.3 is 9.47 Å². The van der Waals surface area contributed by atoms with E-state index in [0.717, 1.165) is 20.1 Å². The lowest BCUT2D eigenvalue weighted by molar-refractivity contribution is 0.0952. The highest BCUT2D eigenvalue weighted by molar-refractivity contribution is 9.10. The maximum atomic E-state index is 12.4. The summed E-state index contributed by atoms with van der Waals surface area (Å²) in [5.41, 5.74) is 4.47. The van der Waals surface area contributed by atoms with Gasteiger partial charge in [0.15, 0.2) is 0 Å². The molecule has 1 amide bonds. The number of rotatable bonds is 7. The third kappa shape index (κ3) is 6.46. The normalized spacial score (nSPS) is 10.9. The summed E-state index contributed by atoms with van der Waals surface area (Å²) in [6.45, 7) is 0.298. The van der Waals surface area contributed by atoms with Crippen LogP contribution in [0, 0.1) is 0 Å². The van der Waals surface area contributed by atoms with Crippen molar-refractivity contribution < 1.29 is 14.3 Å². The molecule has 31 heavy (non-hydrogen) atoms. The third-order valence-corrected chi connectivity index (χ3v) is 5.84. The van der Waals surface area contributed by atoms with Crippen molar-refractivity contribution in [3.8, 4) is 11.5 Å². The van der Waals surface area contributed by atoms with E-state index in [2.05, 4.69) is 42.4 Å². The van der Waals surface area contributed by atoms with Gasteiger partial charge in [-0.05, 0) is 70.0 Å². The number of hydrogen-bond acceptors (Lipinski definition) is 4. The van der Waals surface area contributed by atoms with Gasteiger partial charge in [0.05, 0.1) is 23.4 Å². The number of benzene rings is 3.